The fourth-order valence-corrected chi connectivity index (χ4v) is 3.39. The molecule has 130 valence electrons. The zero-order valence-electron chi connectivity index (χ0n) is 14.4. The third-order valence-electron chi connectivity index (χ3n) is 4.76. The van der Waals surface area contributed by atoms with E-state index in [0.29, 0.717) is 6.54 Å². The van der Waals surface area contributed by atoms with Crippen LogP contribution in [0.4, 0.5) is 0 Å². The maximum absolute atomic E-state index is 12.1. The predicted molar refractivity (Wildman–Crippen MR) is 96.9 cm³/mol. The van der Waals surface area contributed by atoms with E-state index in [0.717, 1.165) is 24.0 Å². The summed E-state index contributed by atoms with van der Waals surface area (Å²) < 4.78 is 1.90. The summed E-state index contributed by atoms with van der Waals surface area (Å²) in [6, 6.07) is 7.90. The number of hydrogen-bond donors (Lipinski definition) is 1. The van der Waals surface area contributed by atoms with Crippen molar-refractivity contribution in [1.82, 2.24) is 19.8 Å². The highest BCUT2D eigenvalue weighted by atomic mass is 16.1. The Morgan fingerprint density at radius 1 is 1.08 bits per heavy atom. The van der Waals surface area contributed by atoms with Gasteiger partial charge in [-0.25, -0.2) is 4.98 Å². The molecule has 0 aliphatic carbocycles. The number of benzene rings is 1. The molecular weight excluding hydrogens is 300 g/mol. The Morgan fingerprint density at radius 3 is 2.79 bits per heavy atom. The predicted octanol–water partition coefficient (Wildman–Crippen LogP) is 2.81. The van der Waals surface area contributed by atoms with Crippen molar-refractivity contribution in [2.45, 2.75) is 45.1 Å². The normalized spacial score (nSPS) is 15.7. The molecule has 0 atom stereocenters. The molecule has 1 fully saturated rings. The second-order valence-corrected chi connectivity index (χ2v) is 6.67. The van der Waals surface area contributed by atoms with Gasteiger partial charge in [0.2, 0.25) is 5.91 Å². The molecule has 1 amide bonds. The Balaban J connectivity index is 1.30. The fourth-order valence-electron chi connectivity index (χ4n) is 3.39. The third-order valence-corrected chi connectivity index (χ3v) is 4.76. The quantitative estimate of drug-likeness (QED) is 0.758. The zero-order chi connectivity index (χ0) is 16.6. The number of carbonyl (C=O) groups is 1. The van der Waals surface area contributed by atoms with Crippen LogP contribution in [0.25, 0.3) is 11.0 Å². The van der Waals surface area contributed by atoms with E-state index in [2.05, 4.69) is 15.2 Å². The van der Waals surface area contributed by atoms with Crippen molar-refractivity contribution in [2.24, 2.45) is 0 Å². The fraction of sp³-hybridized carbons (Fsp3) is 0.579. The van der Waals surface area contributed by atoms with Crippen LogP contribution in [0.5, 0.6) is 0 Å². The molecule has 3 rings (SSSR count). The van der Waals surface area contributed by atoms with E-state index in [1.165, 1.54) is 51.7 Å². The van der Waals surface area contributed by atoms with Crippen molar-refractivity contribution in [2.75, 3.05) is 26.2 Å². The van der Waals surface area contributed by atoms with Crippen LogP contribution in [-0.4, -0.2) is 46.5 Å². The molecule has 1 aromatic heterocycles. The van der Waals surface area contributed by atoms with Gasteiger partial charge in [-0.1, -0.05) is 25.0 Å². The molecule has 0 radical (unpaired) electrons. The van der Waals surface area contributed by atoms with Gasteiger partial charge >= 0.3 is 0 Å². The van der Waals surface area contributed by atoms with Gasteiger partial charge in [0.15, 0.2) is 0 Å². The number of piperidine rings is 1. The first-order valence-corrected chi connectivity index (χ1v) is 9.22. The Labute approximate surface area is 144 Å². The molecule has 1 aliphatic heterocycles. The van der Waals surface area contributed by atoms with Gasteiger partial charge in [-0.05, 0) is 57.5 Å². The standard InChI is InChI=1S/C19H28N4O/c24-19(15-23-16-21-17-9-3-4-10-18(17)23)20-11-5-1-6-12-22-13-7-2-8-14-22/h3-4,9-10,16H,1-2,5-8,11-15H2,(H,20,24). The molecular formula is C19H28N4O. The monoisotopic (exact) mass is 328 g/mol. The minimum Gasteiger partial charge on any atom is -0.355 e. The summed E-state index contributed by atoms with van der Waals surface area (Å²) in [6.07, 6.45) is 9.34. The maximum atomic E-state index is 12.1. The first kappa shape index (κ1) is 17.0. The van der Waals surface area contributed by atoms with E-state index in [4.69, 9.17) is 0 Å². The molecule has 24 heavy (non-hydrogen) atoms. The second-order valence-electron chi connectivity index (χ2n) is 6.67. The number of para-hydroxylation sites is 2. The molecule has 0 spiro atoms. The molecule has 0 saturated carbocycles. The second kappa shape index (κ2) is 8.83. The number of carbonyl (C=O) groups excluding carboxylic acids is 1. The number of nitrogens with zero attached hydrogens (tertiary/aromatic N) is 3. The third kappa shape index (κ3) is 4.81. The van der Waals surface area contributed by atoms with Crippen molar-refractivity contribution in [3.63, 3.8) is 0 Å². The smallest absolute Gasteiger partial charge is 0.239 e. The number of unbranched alkanes of at least 4 members (excludes halogenated alkanes) is 2. The minimum absolute atomic E-state index is 0.0641. The van der Waals surface area contributed by atoms with E-state index in [1.54, 1.807) is 6.33 Å². The summed E-state index contributed by atoms with van der Waals surface area (Å²) in [5.41, 5.74) is 1.94. The summed E-state index contributed by atoms with van der Waals surface area (Å²) >= 11 is 0. The number of fused-ring (bicyclic) bond motifs is 1. The Kier molecular flexibility index (Phi) is 6.24. The molecule has 0 bridgehead atoms. The van der Waals surface area contributed by atoms with Gasteiger partial charge in [0.05, 0.1) is 17.4 Å². The minimum atomic E-state index is 0.0641. The lowest BCUT2D eigenvalue weighted by atomic mass is 10.1. The van der Waals surface area contributed by atoms with Crippen molar-refractivity contribution in [1.29, 1.82) is 0 Å². The summed E-state index contributed by atoms with van der Waals surface area (Å²) in [5, 5.41) is 3.02. The lowest BCUT2D eigenvalue weighted by Crippen LogP contribution is -2.31. The molecule has 2 aromatic rings. The Hall–Kier alpha value is -1.88. The van der Waals surface area contributed by atoms with Gasteiger partial charge in [-0.15, -0.1) is 0 Å². The highest BCUT2D eigenvalue weighted by Crippen LogP contribution is 2.11. The van der Waals surface area contributed by atoms with Crippen molar-refractivity contribution >= 4 is 16.9 Å². The molecule has 1 N–H and O–H groups in total. The van der Waals surface area contributed by atoms with Crippen LogP contribution < -0.4 is 5.32 Å². The highest BCUT2D eigenvalue weighted by molar-refractivity contribution is 5.80. The first-order valence-electron chi connectivity index (χ1n) is 9.22. The van der Waals surface area contributed by atoms with Crippen molar-refractivity contribution in [3.8, 4) is 0 Å². The lowest BCUT2D eigenvalue weighted by Gasteiger charge is -2.26. The van der Waals surface area contributed by atoms with Gasteiger partial charge < -0.3 is 14.8 Å². The number of likely N-dealkylation sites (tertiary alicyclic amines) is 1. The lowest BCUT2D eigenvalue weighted by molar-refractivity contribution is -0.121. The van der Waals surface area contributed by atoms with Crippen LogP contribution in [0.3, 0.4) is 0 Å². The van der Waals surface area contributed by atoms with Crippen LogP contribution in [-0.2, 0) is 11.3 Å². The number of aromatic nitrogens is 2. The molecule has 2 heterocycles. The summed E-state index contributed by atoms with van der Waals surface area (Å²) in [4.78, 5) is 19.0. The van der Waals surface area contributed by atoms with E-state index < -0.39 is 0 Å². The SMILES string of the molecule is O=C(Cn1cnc2ccccc21)NCCCCCN1CCCCC1. The average Bonchev–Trinajstić information content (AvgIpc) is 3.02. The number of rotatable bonds is 8. The van der Waals surface area contributed by atoms with Gasteiger partial charge in [-0.3, -0.25) is 4.79 Å². The molecule has 1 aromatic carbocycles. The molecule has 5 heteroatoms. The van der Waals surface area contributed by atoms with Crippen LogP contribution >= 0.6 is 0 Å². The maximum Gasteiger partial charge on any atom is 0.239 e. The van der Waals surface area contributed by atoms with Gasteiger partial charge in [0.1, 0.15) is 6.54 Å². The topological polar surface area (TPSA) is 50.2 Å². The van der Waals surface area contributed by atoms with Gasteiger partial charge in [0, 0.05) is 6.54 Å². The average molecular weight is 328 g/mol. The van der Waals surface area contributed by atoms with E-state index >= 15 is 0 Å². The highest BCUT2D eigenvalue weighted by Gasteiger charge is 2.09. The Morgan fingerprint density at radius 2 is 1.92 bits per heavy atom. The first-order chi connectivity index (χ1) is 11.8. The van der Waals surface area contributed by atoms with Crippen LogP contribution in [0.2, 0.25) is 0 Å². The van der Waals surface area contributed by atoms with Crippen molar-refractivity contribution < 1.29 is 4.79 Å². The summed E-state index contributed by atoms with van der Waals surface area (Å²) in [7, 11) is 0. The number of imidazole rings is 1. The number of hydrogen-bond acceptors (Lipinski definition) is 3. The van der Waals surface area contributed by atoms with E-state index in [9.17, 15) is 4.79 Å². The van der Waals surface area contributed by atoms with Crippen LogP contribution in [0.1, 0.15) is 38.5 Å². The Bertz CT molecular complexity index is 646. The largest absolute Gasteiger partial charge is 0.355 e. The summed E-state index contributed by atoms with van der Waals surface area (Å²) in [6.45, 7) is 4.87. The van der Waals surface area contributed by atoms with Crippen LogP contribution in [0, 0.1) is 0 Å². The van der Waals surface area contributed by atoms with Crippen molar-refractivity contribution in [3.05, 3.63) is 30.6 Å². The van der Waals surface area contributed by atoms with Gasteiger partial charge in [-0.2, -0.15) is 0 Å². The number of nitrogens with one attached hydrogen (secondary N) is 1. The number of amides is 1. The zero-order valence-corrected chi connectivity index (χ0v) is 14.4. The molecule has 5 nitrogen and oxygen atoms in total. The van der Waals surface area contributed by atoms with Crippen LogP contribution in [0.15, 0.2) is 30.6 Å². The van der Waals surface area contributed by atoms with E-state index in [1.807, 2.05) is 28.8 Å². The molecule has 0 unspecified atom stereocenters. The van der Waals surface area contributed by atoms with Gasteiger partial charge in [0.25, 0.3) is 0 Å². The molecule has 1 saturated heterocycles. The molecule has 1 aliphatic rings. The summed E-state index contributed by atoms with van der Waals surface area (Å²) in [5.74, 6) is 0.0641. The van der Waals surface area contributed by atoms with E-state index in [-0.39, 0.29) is 5.91 Å².